The van der Waals surface area contributed by atoms with E-state index < -0.39 is 33.9 Å². The van der Waals surface area contributed by atoms with Gasteiger partial charge in [-0.1, -0.05) is 32.4 Å². The van der Waals surface area contributed by atoms with Crippen LogP contribution in [0, 0.1) is 16.2 Å². The van der Waals surface area contributed by atoms with Gasteiger partial charge in [-0.25, -0.2) is 5.43 Å². The Balaban J connectivity index is 1.94. The van der Waals surface area contributed by atoms with Crippen LogP contribution in [0.1, 0.15) is 44.0 Å². The first-order valence-corrected chi connectivity index (χ1v) is 8.38. The van der Waals surface area contributed by atoms with Gasteiger partial charge in [0, 0.05) is 16.0 Å². The first kappa shape index (κ1) is 17.6. The van der Waals surface area contributed by atoms with E-state index in [0.717, 1.165) is 0 Å². The molecular weight excluding hydrogens is 344 g/mol. The highest BCUT2D eigenvalue weighted by Crippen LogP contribution is 2.69. The highest BCUT2D eigenvalue weighted by Gasteiger charge is 2.77. The summed E-state index contributed by atoms with van der Waals surface area (Å²) >= 11 is 5.79. The lowest BCUT2D eigenvalue weighted by molar-refractivity contribution is -0.158. The average Bonchev–Trinajstić information content (AvgIpc) is 2.82. The molecule has 2 N–H and O–H groups in total. The molecule has 2 saturated carbocycles. The van der Waals surface area contributed by atoms with E-state index in [1.165, 1.54) is 0 Å². The topological polar surface area (TPSA) is 95.8 Å². The number of carboxylic acids is 1. The van der Waals surface area contributed by atoms with Gasteiger partial charge in [-0.15, -0.1) is 0 Å². The summed E-state index contributed by atoms with van der Waals surface area (Å²) in [7, 11) is 0. The number of carbonyl (C=O) groups is 3. The Labute approximate surface area is 150 Å². The van der Waals surface area contributed by atoms with Crippen molar-refractivity contribution in [3.05, 3.63) is 34.9 Å². The van der Waals surface area contributed by atoms with E-state index in [4.69, 9.17) is 11.6 Å². The van der Waals surface area contributed by atoms with Crippen LogP contribution < -0.4 is 5.43 Å². The Kier molecular flexibility index (Phi) is 3.80. The van der Waals surface area contributed by atoms with Gasteiger partial charge >= 0.3 is 5.97 Å². The Morgan fingerprint density at radius 3 is 2.28 bits per heavy atom. The summed E-state index contributed by atoms with van der Waals surface area (Å²) in [6.45, 7) is 5.42. The minimum atomic E-state index is -1.48. The summed E-state index contributed by atoms with van der Waals surface area (Å²) < 4.78 is 0. The molecule has 132 valence electrons. The lowest BCUT2D eigenvalue weighted by atomic mass is 9.65. The molecule has 0 spiro atoms. The van der Waals surface area contributed by atoms with Crippen molar-refractivity contribution in [3.63, 3.8) is 0 Å². The molecule has 2 atom stereocenters. The molecule has 0 heterocycles. The fourth-order valence-electron chi connectivity index (χ4n) is 4.22. The largest absolute Gasteiger partial charge is 0.480 e. The molecule has 25 heavy (non-hydrogen) atoms. The van der Waals surface area contributed by atoms with Crippen LogP contribution in [-0.2, 0) is 9.59 Å². The Morgan fingerprint density at radius 2 is 1.76 bits per heavy atom. The molecule has 2 bridgehead atoms. The molecule has 1 amide bonds. The lowest BCUT2D eigenvalue weighted by Crippen LogP contribution is -2.44. The second-order valence-electron chi connectivity index (χ2n) is 7.40. The van der Waals surface area contributed by atoms with Gasteiger partial charge in [0.1, 0.15) is 11.1 Å². The number of hydrazone groups is 1. The zero-order valence-corrected chi connectivity index (χ0v) is 15.0. The van der Waals surface area contributed by atoms with Crippen LogP contribution in [0.15, 0.2) is 29.4 Å². The predicted octanol–water partition coefficient (Wildman–Crippen LogP) is 2.91. The van der Waals surface area contributed by atoms with E-state index in [2.05, 4.69) is 10.5 Å². The van der Waals surface area contributed by atoms with Crippen LogP contribution >= 0.6 is 11.6 Å². The number of benzene rings is 1. The number of carboxylic acid groups (broad SMARTS) is 1. The van der Waals surface area contributed by atoms with Gasteiger partial charge in [0.05, 0.1) is 0 Å². The van der Waals surface area contributed by atoms with Gasteiger partial charge < -0.3 is 5.11 Å². The Hall–Kier alpha value is -2.21. The number of ketones is 1. The highest BCUT2D eigenvalue weighted by atomic mass is 35.5. The molecule has 0 aromatic heterocycles. The van der Waals surface area contributed by atoms with Gasteiger partial charge in [0.25, 0.3) is 5.91 Å². The number of hydrogen-bond donors (Lipinski definition) is 2. The predicted molar refractivity (Wildman–Crippen MR) is 92.6 cm³/mol. The monoisotopic (exact) mass is 362 g/mol. The summed E-state index contributed by atoms with van der Waals surface area (Å²) in [5.74, 6) is -2.11. The maximum atomic E-state index is 12.9. The number of aliphatic carboxylic acids is 1. The summed E-state index contributed by atoms with van der Waals surface area (Å²) in [6.07, 6.45) is 0.822. The number of rotatable bonds is 3. The Bertz CT molecular complexity index is 815. The smallest absolute Gasteiger partial charge is 0.318 e. The van der Waals surface area contributed by atoms with Crippen LogP contribution in [0.3, 0.4) is 0 Å². The van der Waals surface area contributed by atoms with Gasteiger partial charge in [0.2, 0.25) is 0 Å². The van der Waals surface area contributed by atoms with Crippen molar-refractivity contribution in [3.8, 4) is 0 Å². The SMILES string of the molecule is CC1(C)[C@]2(C(=O)O)CC[C@@]1(C)/C(=N\NC(=O)c1ccc(Cl)cc1)C2=O. The molecule has 2 aliphatic carbocycles. The number of nitrogens with one attached hydrogen (secondary N) is 1. The minimum Gasteiger partial charge on any atom is -0.480 e. The molecule has 2 fully saturated rings. The van der Waals surface area contributed by atoms with Crippen molar-refractivity contribution in [1.29, 1.82) is 0 Å². The second kappa shape index (κ2) is 5.39. The van der Waals surface area contributed by atoms with Crippen molar-refractivity contribution in [1.82, 2.24) is 5.43 Å². The van der Waals surface area contributed by atoms with Gasteiger partial charge in [-0.05, 0) is 42.5 Å². The third-order valence-electron chi connectivity index (χ3n) is 6.31. The van der Waals surface area contributed by atoms with Gasteiger partial charge in [-0.3, -0.25) is 14.4 Å². The molecule has 0 aliphatic heterocycles. The molecule has 6 nitrogen and oxygen atoms in total. The van der Waals surface area contributed by atoms with E-state index in [1.54, 1.807) is 38.1 Å². The molecule has 1 aromatic carbocycles. The minimum absolute atomic E-state index is 0.133. The summed E-state index contributed by atoms with van der Waals surface area (Å²) in [6, 6.07) is 6.25. The normalized spacial score (nSPS) is 31.4. The standard InChI is InChI=1S/C18H19ClN2O4/c1-16(2)17(3)8-9-18(16,15(24)25)13(22)12(17)20-21-14(23)10-4-6-11(19)7-5-10/h4-7H,8-9H2,1-3H3,(H,21,23)(H,24,25)/b20-12-/t17-,18+/m0/s1. The molecule has 0 unspecified atom stereocenters. The number of amides is 1. The van der Waals surface area contributed by atoms with Crippen molar-refractivity contribution in [2.75, 3.05) is 0 Å². The van der Waals surface area contributed by atoms with Crippen LogP contribution in [-0.4, -0.2) is 28.5 Å². The van der Waals surface area contributed by atoms with Crippen molar-refractivity contribution >= 4 is 35.0 Å². The van der Waals surface area contributed by atoms with E-state index >= 15 is 0 Å². The third-order valence-corrected chi connectivity index (χ3v) is 6.56. The van der Waals surface area contributed by atoms with Crippen molar-refractivity contribution in [2.24, 2.45) is 21.3 Å². The van der Waals surface area contributed by atoms with Crippen LogP contribution in [0.4, 0.5) is 0 Å². The molecular formula is C18H19ClN2O4. The quantitative estimate of drug-likeness (QED) is 0.638. The van der Waals surface area contributed by atoms with Gasteiger partial charge in [0.15, 0.2) is 5.78 Å². The summed E-state index contributed by atoms with van der Waals surface area (Å²) in [5.41, 5.74) is -0.0956. The molecule has 2 aliphatic rings. The number of nitrogens with zero attached hydrogens (tertiary/aromatic N) is 1. The third kappa shape index (κ3) is 2.10. The van der Waals surface area contributed by atoms with E-state index in [-0.39, 0.29) is 12.1 Å². The van der Waals surface area contributed by atoms with E-state index in [1.807, 2.05) is 6.92 Å². The van der Waals surface area contributed by atoms with Crippen molar-refractivity contribution < 1.29 is 19.5 Å². The summed E-state index contributed by atoms with van der Waals surface area (Å²) in [5, 5.41) is 14.3. The summed E-state index contributed by atoms with van der Waals surface area (Å²) in [4.78, 5) is 37.0. The molecule has 7 heteroatoms. The maximum Gasteiger partial charge on any atom is 0.318 e. The molecule has 1 aromatic rings. The lowest BCUT2D eigenvalue weighted by Gasteiger charge is -2.36. The second-order valence-corrected chi connectivity index (χ2v) is 7.84. The Morgan fingerprint density at radius 1 is 1.16 bits per heavy atom. The number of carbonyl (C=O) groups excluding carboxylic acids is 2. The number of Topliss-reactive ketones (excluding diaryl/α,β-unsaturated/α-hetero) is 1. The fraction of sp³-hybridized carbons (Fsp3) is 0.444. The van der Waals surface area contributed by atoms with E-state index in [9.17, 15) is 19.5 Å². The van der Waals surface area contributed by atoms with Gasteiger partial charge in [-0.2, -0.15) is 5.10 Å². The fourth-order valence-corrected chi connectivity index (χ4v) is 4.34. The number of halogens is 1. The average molecular weight is 363 g/mol. The first-order chi connectivity index (χ1) is 11.6. The molecule has 0 radical (unpaired) electrons. The molecule has 3 rings (SSSR count). The van der Waals surface area contributed by atoms with Crippen LogP contribution in [0.2, 0.25) is 5.02 Å². The number of fused-ring (bicyclic) bond motifs is 2. The molecule has 0 saturated heterocycles. The van der Waals surface area contributed by atoms with Crippen LogP contribution in [0.25, 0.3) is 0 Å². The zero-order valence-electron chi connectivity index (χ0n) is 14.2. The highest BCUT2D eigenvalue weighted by molar-refractivity contribution is 6.50. The van der Waals surface area contributed by atoms with E-state index in [0.29, 0.717) is 17.0 Å². The first-order valence-electron chi connectivity index (χ1n) is 8.00. The zero-order chi connectivity index (χ0) is 18.6. The van der Waals surface area contributed by atoms with Crippen LogP contribution in [0.5, 0.6) is 0 Å². The maximum absolute atomic E-state index is 12.9. The van der Waals surface area contributed by atoms with Crippen molar-refractivity contribution in [2.45, 2.75) is 33.6 Å². The number of hydrogen-bond acceptors (Lipinski definition) is 4.